The van der Waals surface area contributed by atoms with Crippen molar-refractivity contribution < 1.29 is 14.4 Å². The van der Waals surface area contributed by atoms with Crippen LogP contribution in [0.4, 0.5) is 10.1 Å². The van der Waals surface area contributed by atoms with Gasteiger partial charge in [-0.1, -0.05) is 12.1 Å². The number of aliphatic hydroxyl groups excluding tert-OH is 1. The monoisotopic (exact) mass is 231 g/mol. The van der Waals surface area contributed by atoms with Crippen molar-refractivity contribution in [3.63, 3.8) is 0 Å². The first-order chi connectivity index (χ1) is 7.16. The third-order valence-corrected chi connectivity index (χ3v) is 2.73. The Labute approximate surface area is 90.3 Å². The van der Waals surface area contributed by atoms with Crippen LogP contribution in [0.2, 0.25) is 0 Å². The molecule has 0 aromatic heterocycles. The summed E-state index contributed by atoms with van der Waals surface area (Å²) in [5.74, 6) is 0.0314. The number of aliphatic hydroxyl groups is 1. The number of thioether (sulfide) groups is 1. The van der Waals surface area contributed by atoms with E-state index in [0.29, 0.717) is 17.1 Å². The number of nitro benzene ring substituents is 1. The molecule has 1 aromatic rings. The maximum Gasteiger partial charge on any atom is 0.305 e. The summed E-state index contributed by atoms with van der Waals surface area (Å²) in [5, 5.41) is 19.0. The van der Waals surface area contributed by atoms with Crippen molar-refractivity contribution in [2.45, 2.75) is 5.75 Å². The first-order valence-electron chi connectivity index (χ1n) is 4.27. The Bertz CT molecular complexity index is 359. The zero-order valence-corrected chi connectivity index (χ0v) is 8.67. The quantitative estimate of drug-likeness (QED) is 0.478. The van der Waals surface area contributed by atoms with Crippen LogP contribution in [-0.2, 0) is 5.75 Å². The largest absolute Gasteiger partial charge is 0.396 e. The zero-order valence-electron chi connectivity index (χ0n) is 7.85. The number of nitrogens with zero attached hydrogens (tertiary/aromatic N) is 1. The van der Waals surface area contributed by atoms with Crippen molar-refractivity contribution >= 4 is 17.4 Å². The number of halogens is 1. The van der Waals surface area contributed by atoms with Gasteiger partial charge in [-0.15, -0.1) is 0 Å². The van der Waals surface area contributed by atoms with Gasteiger partial charge in [-0.3, -0.25) is 10.1 Å². The molecule has 1 rings (SSSR count). The minimum Gasteiger partial charge on any atom is -0.396 e. The van der Waals surface area contributed by atoms with E-state index in [9.17, 15) is 14.5 Å². The van der Waals surface area contributed by atoms with Crippen molar-refractivity contribution in [1.29, 1.82) is 0 Å². The van der Waals surface area contributed by atoms with Crippen LogP contribution in [0.15, 0.2) is 18.2 Å². The molecule has 0 aliphatic heterocycles. The van der Waals surface area contributed by atoms with Gasteiger partial charge >= 0.3 is 5.69 Å². The Balaban J connectivity index is 2.80. The summed E-state index contributed by atoms with van der Waals surface area (Å²) in [7, 11) is 0. The van der Waals surface area contributed by atoms with Gasteiger partial charge < -0.3 is 5.11 Å². The van der Waals surface area contributed by atoms with Crippen LogP contribution in [0.1, 0.15) is 5.56 Å². The van der Waals surface area contributed by atoms with Gasteiger partial charge in [-0.2, -0.15) is 16.2 Å². The zero-order chi connectivity index (χ0) is 11.3. The molecule has 0 saturated carbocycles. The van der Waals surface area contributed by atoms with Crippen LogP contribution in [0.25, 0.3) is 0 Å². The van der Waals surface area contributed by atoms with Crippen molar-refractivity contribution in [2.75, 3.05) is 12.4 Å². The molecule has 0 saturated heterocycles. The molecular formula is C9H10FNO3S. The van der Waals surface area contributed by atoms with E-state index < -0.39 is 16.4 Å². The van der Waals surface area contributed by atoms with Gasteiger partial charge in [0.1, 0.15) is 0 Å². The third kappa shape index (κ3) is 3.17. The first-order valence-corrected chi connectivity index (χ1v) is 5.42. The lowest BCUT2D eigenvalue weighted by Gasteiger charge is -2.02. The van der Waals surface area contributed by atoms with Crippen molar-refractivity contribution in [1.82, 2.24) is 0 Å². The van der Waals surface area contributed by atoms with Crippen LogP contribution in [0.5, 0.6) is 0 Å². The molecule has 0 bridgehead atoms. The third-order valence-electron chi connectivity index (χ3n) is 1.75. The highest BCUT2D eigenvalue weighted by molar-refractivity contribution is 7.98. The average Bonchev–Trinajstić information content (AvgIpc) is 2.20. The lowest BCUT2D eigenvalue weighted by molar-refractivity contribution is -0.387. The Morgan fingerprint density at radius 3 is 2.87 bits per heavy atom. The summed E-state index contributed by atoms with van der Waals surface area (Å²) in [5.41, 5.74) is -0.209. The molecule has 0 atom stereocenters. The average molecular weight is 231 g/mol. The highest BCUT2D eigenvalue weighted by atomic mass is 32.2. The van der Waals surface area contributed by atoms with E-state index in [1.54, 1.807) is 0 Å². The van der Waals surface area contributed by atoms with Gasteiger partial charge in [0.15, 0.2) is 0 Å². The first kappa shape index (κ1) is 11.9. The minimum absolute atomic E-state index is 0.0151. The van der Waals surface area contributed by atoms with E-state index in [1.807, 2.05) is 0 Å². The summed E-state index contributed by atoms with van der Waals surface area (Å²) >= 11 is 1.33. The van der Waals surface area contributed by atoms with E-state index >= 15 is 0 Å². The molecule has 6 heteroatoms. The normalized spacial score (nSPS) is 10.3. The molecule has 0 aliphatic carbocycles. The Hall–Kier alpha value is -1.14. The van der Waals surface area contributed by atoms with Gasteiger partial charge in [0.25, 0.3) is 0 Å². The molecule has 0 amide bonds. The molecule has 1 aromatic carbocycles. The topological polar surface area (TPSA) is 63.4 Å². The van der Waals surface area contributed by atoms with E-state index in [0.717, 1.165) is 6.07 Å². The van der Waals surface area contributed by atoms with E-state index in [4.69, 9.17) is 5.11 Å². The summed E-state index contributed by atoms with van der Waals surface area (Å²) in [6.07, 6.45) is 0. The maximum absolute atomic E-state index is 13.4. The van der Waals surface area contributed by atoms with E-state index in [2.05, 4.69) is 0 Å². The second-order valence-corrected chi connectivity index (χ2v) is 3.89. The summed E-state index contributed by atoms with van der Waals surface area (Å²) in [6, 6.07) is 4.10. The number of nitro groups is 1. The van der Waals surface area contributed by atoms with Gasteiger partial charge in [0.05, 0.1) is 11.5 Å². The molecule has 0 spiro atoms. The SMILES string of the molecule is O=[N+]([O-])c1cccc(CSCCO)c1F. The fourth-order valence-corrected chi connectivity index (χ4v) is 1.78. The number of hydrogen-bond acceptors (Lipinski definition) is 4. The van der Waals surface area contributed by atoms with Crippen LogP contribution >= 0.6 is 11.8 Å². The summed E-state index contributed by atoms with van der Waals surface area (Å²) < 4.78 is 13.4. The molecule has 0 aliphatic rings. The van der Waals surface area contributed by atoms with Crippen LogP contribution in [-0.4, -0.2) is 22.4 Å². The highest BCUT2D eigenvalue weighted by Crippen LogP contribution is 2.23. The number of hydrogen-bond donors (Lipinski definition) is 1. The molecular weight excluding hydrogens is 221 g/mol. The number of benzene rings is 1. The smallest absolute Gasteiger partial charge is 0.305 e. The molecule has 1 N–H and O–H groups in total. The van der Waals surface area contributed by atoms with E-state index in [1.165, 1.54) is 23.9 Å². The molecule has 4 nitrogen and oxygen atoms in total. The van der Waals surface area contributed by atoms with Gasteiger partial charge in [-0.05, 0) is 0 Å². The van der Waals surface area contributed by atoms with Gasteiger partial charge in [0.2, 0.25) is 5.82 Å². The minimum atomic E-state index is -0.784. The molecule has 82 valence electrons. The highest BCUT2D eigenvalue weighted by Gasteiger charge is 2.16. The van der Waals surface area contributed by atoms with Crippen molar-refractivity contribution in [2.24, 2.45) is 0 Å². The molecule has 0 fully saturated rings. The Morgan fingerprint density at radius 2 is 2.27 bits per heavy atom. The second kappa shape index (κ2) is 5.67. The van der Waals surface area contributed by atoms with E-state index in [-0.39, 0.29) is 6.61 Å². The fraction of sp³-hybridized carbons (Fsp3) is 0.333. The van der Waals surface area contributed by atoms with Crippen LogP contribution in [0, 0.1) is 15.9 Å². The lowest BCUT2D eigenvalue weighted by Crippen LogP contribution is -1.97. The fourth-order valence-electron chi connectivity index (χ4n) is 1.07. The molecule has 0 radical (unpaired) electrons. The number of rotatable bonds is 5. The van der Waals surface area contributed by atoms with Gasteiger partial charge in [-0.25, -0.2) is 0 Å². The van der Waals surface area contributed by atoms with Crippen LogP contribution < -0.4 is 0 Å². The van der Waals surface area contributed by atoms with Crippen molar-refractivity contribution in [3.05, 3.63) is 39.7 Å². The Morgan fingerprint density at radius 1 is 1.53 bits per heavy atom. The Kier molecular flexibility index (Phi) is 4.51. The van der Waals surface area contributed by atoms with Gasteiger partial charge in [0, 0.05) is 23.1 Å². The second-order valence-electron chi connectivity index (χ2n) is 2.78. The lowest BCUT2D eigenvalue weighted by atomic mass is 10.2. The standard InChI is InChI=1S/C9H10FNO3S/c10-9-7(6-15-5-4-12)2-1-3-8(9)11(13)14/h1-3,12H,4-6H2. The van der Waals surface area contributed by atoms with Crippen LogP contribution in [0.3, 0.4) is 0 Å². The molecule has 0 unspecified atom stereocenters. The predicted molar refractivity (Wildman–Crippen MR) is 56.3 cm³/mol. The molecule has 0 heterocycles. The van der Waals surface area contributed by atoms with Crippen molar-refractivity contribution in [3.8, 4) is 0 Å². The molecule has 15 heavy (non-hydrogen) atoms. The summed E-state index contributed by atoms with van der Waals surface area (Å²) in [4.78, 5) is 9.68. The summed E-state index contributed by atoms with van der Waals surface area (Å²) in [6.45, 7) is 0.0151. The predicted octanol–water partition coefficient (Wildman–Crippen LogP) is 1.96. The maximum atomic E-state index is 13.4.